The van der Waals surface area contributed by atoms with Crippen molar-refractivity contribution in [3.63, 3.8) is 0 Å². The second kappa shape index (κ2) is 13.0. The smallest absolute Gasteiger partial charge is 0.164 e. The lowest BCUT2D eigenvalue weighted by Gasteiger charge is -2.17. The molecule has 0 N–H and O–H groups in total. The molecule has 0 unspecified atom stereocenters. The second-order valence-corrected chi connectivity index (χ2v) is 15.2. The molecule has 1 aliphatic carbocycles. The highest BCUT2D eigenvalue weighted by Crippen LogP contribution is 2.41. The van der Waals surface area contributed by atoms with Gasteiger partial charge in [-0.3, -0.25) is 0 Å². The Labute approximate surface area is 334 Å². The summed E-state index contributed by atoms with van der Waals surface area (Å²) in [6, 6.07) is 64.8. The number of nitrogens with zero attached hydrogens (tertiary/aromatic N) is 5. The van der Waals surface area contributed by atoms with Crippen LogP contribution in [0.3, 0.4) is 0 Å². The van der Waals surface area contributed by atoms with Crippen LogP contribution in [0.15, 0.2) is 182 Å². The third kappa shape index (κ3) is 5.14. The molecule has 0 saturated carbocycles. The van der Waals surface area contributed by atoms with Gasteiger partial charge >= 0.3 is 0 Å². The summed E-state index contributed by atoms with van der Waals surface area (Å²) in [6.45, 7) is 0. The third-order valence-corrected chi connectivity index (χ3v) is 11.8. The highest BCUT2D eigenvalue weighted by Gasteiger charge is 2.24. The van der Waals surface area contributed by atoms with Crippen LogP contribution in [0.5, 0.6) is 0 Å². The Balaban J connectivity index is 1.01. The molecule has 11 aromatic rings. The zero-order valence-corrected chi connectivity index (χ0v) is 31.5. The number of hydrogen-bond donors (Lipinski definition) is 0. The van der Waals surface area contributed by atoms with Crippen LogP contribution in [0.2, 0.25) is 0 Å². The van der Waals surface area contributed by atoms with Gasteiger partial charge in [0.2, 0.25) is 0 Å². The lowest BCUT2D eigenvalue weighted by atomic mass is 9.95. The minimum absolute atomic E-state index is 0.660. The Morgan fingerprint density at radius 3 is 1.76 bits per heavy atom. The molecule has 0 radical (unpaired) electrons. The standard InChI is InChI=1S/C53H35N5/c1-3-14-35(15-4-1)51-54-52(56-53(55-51)39-26-29-47-44(32-39)43-21-11-12-22-46(43)57(47)40-18-5-2-6-19-40)36-23-27-41(28-24-36)58-48-30-25-34-13-9-10-20-42(34)50(48)45-31-37-16-7-8-17-38(37)33-49(45)58/h1-25,27-28,30-33H,26,29H2. The van der Waals surface area contributed by atoms with Crippen LogP contribution < -0.4 is 0 Å². The van der Waals surface area contributed by atoms with Crippen LogP contribution in [0.1, 0.15) is 23.5 Å². The first-order valence-electron chi connectivity index (χ1n) is 19.9. The summed E-state index contributed by atoms with van der Waals surface area (Å²) in [5.74, 6) is 2.05. The average Bonchev–Trinajstić information content (AvgIpc) is 3.81. The molecular weight excluding hydrogens is 707 g/mol. The summed E-state index contributed by atoms with van der Waals surface area (Å²) in [5, 5.41) is 8.72. The van der Waals surface area contributed by atoms with Gasteiger partial charge in [0.15, 0.2) is 17.5 Å². The molecule has 58 heavy (non-hydrogen) atoms. The molecule has 5 heteroatoms. The number of rotatable bonds is 5. The van der Waals surface area contributed by atoms with E-state index in [1.54, 1.807) is 0 Å². The van der Waals surface area contributed by atoms with Gasteiger partial charge in [-0.05, 0) is 107 Å². The fraction of sp³-hybridized carbons (Fsp3) is 0.0377. The first-order valence-corrected chi connectivity index (χ1v) is 19.9. The summed E-state index contributed by atoms with van der Waals surface area (Å²) >= 11 is 0. The van der Waals surface area contributed by atoms with Gasteiger partial charge in [-0.1, -0.05) is 121 Å². The summed E-state index contributed by atoms with van der Waals surface area (Å²) in [6.07, 6.45) is 4.02. The Bertz CT molecular complexity index is 3430. The van der Waals surface area contributed by atoms with Gasteiger partial charge in [0.1, 0.15) is 0 Å². The Morgan fingerprint density at radius 2 is 0.983 bits per heavy atom. The molecule has 0 fully saturated rings. The molecule has 0 spiro atoms. The minimum atomic E-state index is 0.660. The van der Waals surface area contributed by atoms with E-state index in [9.17, 15) is 0 Å². The fourth-order valence-corrected chi connectivity index (χ4v) is 9.15. The molecule has 12 rings (SSSR count). The van der Waals surface area contributed by atoms with Crippen molar-refractivity contribution in [1.29, 1.82) is 0 Å². The van der Waals surface area contributed by atoms with Gasteiger partial charge in [0.25, 0.3) is 0 Å². The van der Waals surface area contributed by atoms with Crippen LogP contribution in [0.25, 0.3) is 100 Å². The Kier molecular flexibility index (Phi) is 7.29. The molecule has 5 nitrogen and oxygen atoms in total. The van der Waals surface area contributed by atoms with Gasteiger partial charge in [0, 0.05) is 49.9 Å². The zero-order chi connectivity index (χ0) is 38.2. The topological polar surface area (TPSA) is 48.5 Å². The lowest BCUT2D eigenvalue weighted by molar-refractivity contribution is 0.885. The number of aromatic nitrogens is 5. The average molecular weight is 742 g/mol. The Morgan fingerprint density at radius 1 is 0.379 bits per heavy atom. The van der Waals surface area contributed by atoms with E-state index in [4.69, 9.17) is 15.0 Å². The van der Waals surface area contributed by atoms with Gasteiger partial charge in [0.05, 0.1) is 16.6 Å². The maximum atomic E-state index is 5.23. The van der Waals surface area contributed by atoms with Crippen molar-refractivity contribution >= 4 is 65.9 Å². The molecule has 0 bridgehead atoms. The van der Waals surface area contributed by atoms with Gasteiger partial charge in [-0.25, -0.2) is 15.0 Å². The minimum Gasteiger partial charge on any atom is -0.313 e. The Hall–Kier alpha value is -7.63. The SMILES string of the molecule is C1=C(c2nc(-c3ccccc3)nc(-c3ccc(-n4c5cc6ccccc6cc5c5c6ccccc6ccc54)cc3)n2)CCc2c1c1ccccc1n2-c1ccccc1. The van der Waals surface area contributed by atoms with Crippen LogP contribution in [0.4, 0.5) is 0 Å². The molecule has 0 atom stereocenters. The number of fused-ring (bicyclic) bond motifs is 9. The molecular formula is C53H35N5. The highest BCUT2D eigenvalue weighted by molar-refractivity contribution is 6.23. The predicted octanol–water partition coefficient (Wildman–Crippen LogP) is 13.0. The largest absolute Gasteiger partial charge is 0.313 e. The second-order valence-electron chi connectivity index (χ2n) is 15.2. The molecule has 272 valence electrons. The first kappa shape index (κ1) is 32.6. The van der Waals surface area contributed by atoms with E-state index in [-0.39, 0.29) is 0 Å². The van der Waals surface area contributed by atoms with Crippen molar-refractivity contribution in [1.82, 2.24) is 24.1 Å². The number of benzene rings is 8. The normalized spacial score (nSPS) is 12.8. The van der Waals surface area contributed by atoms with Gasteiger partial charge in [-0.2, -0.15) is 0 Å². The number of allylic oxidation sites excluding steroid dienone is 1. The molecule has 8 aromatic carbocycles. The fourth-order valence-electron chi connectivity index (χ4n) is 9.15. The molecule has 0 amide bonds. The maximum absolute atomic E-state index is 5.23. The van der Waals surface area contributed by atoms with Crippen molar-refractivity contribution in [2.24, 2.45) is 0 Å². The first-order chi connectivity index (χ1) is 28.7. The number of para-hydroxylation sites is 2. The predicted molar refractivity (Wildman–Crippen MR) is 240 cm³/mol. The van der Waals surface area contributed by atoms with Crippen molar-refractivity contribution in [2.75, 3.05) is 0 Å². The quantitative estimate of drug-likeness (QED) is 0.176. The third-order valence-electron chi connectivity index (χ3n) is 11.8. The van der Waals surface area contributed by atoms with Crippen molar-refractivity contribution in [3.05, 3.63) is 199 Å². The molecule has 0 aliphatic heterocycles. The molecule has 3 aromatic heterocycles. The zero-order valence-electron chi connectivity index (χ0n) is 31.5. The van der Waals surface area contributed by atoms with E-state index < -0.39 is 0 Å². The number of hydrogen-bond acceptors (Lipinski definition) is 3. The van der Waals surface area contributed by atoms with Gasteiger partial charge < -0.3 is 9.13 Å². The van der Waals surface area contributed by atoms with Crippen molar-refractivity contribution in [3.8, 4) is 34.2 Å². The molecule has 3 heterocycles. The highest BCUT2D eigenvalue weighted by atomic mass is 15.0. The monoisotopic (exact) mass is 741 g/mol. The summed E-state index contributed by atoms with van der Waals surface area (Å²) < 4.78 is 4.81. The molecule has 0 saturated heterocycles. The summed E-state index contributed by atoms with van der Waals surface area (Å²) in [4.78, 5) is 15.5. The van der Waals surface area contributed by atoms with E-state index >= 15 is 0 Å². The van der Waals surface area contributed by atoms with E-state index in [1.165, 1.54) is 71.2 Å². The van der Waals surface area contributed by atoms with Gasteiger partial charge in [-0.15, -0.1) is 0 Å². The summed E-state index contributed by atoms with van der Waals surface area (Å²) in [5.41, 5.74) is 11.4. The van der Waals surface area contributed by atoms with Crippen LogP contribution in [-0.4, -0.2) is 24.1 Å². The van der Waals surface area contributed by atoms with Crippen molar-refractivity contribution in [2.45, 2.75) is 12.8 Å². The van der Waals surface area contributed by atoms with Crippen LogP contribution >= 0.6 is 0 Å². The summed E-state index contributed by atoms with van der Waals surface area (Å²) in [7, 11) is 0. The lowest BCUT2D eigenvalue weighted by Crippen LogP contribution is -2.08. The van der Waals surface area contributed by atoms with E-state index in [0.29, 0.717) is 11.6 Å². The van der Waals surface area contributed by atoms with E-state index in [0.717, 1.165) is 41.1 Å². The van der Waals surface area contributed by atoms with E-state index in [1.807, 2.05) is 18.2 Å². The van der Waals surface area contributed by atoms with Crippen LogP contribution in [0, 0.1) is 0 Å². The molecule has 1 aliphatic rings. The van der Waals surface area contributed by atoms with E-state index in [2.05, 4.69) is 179 Å². The maximum Gasteiger partial charge on any atom is 0.164 e. The van der Waals surface area contributed by atoms with Crippen LogP contribution in [-0.2, 0) is 6.42 Å². The van der Waals surface area contributed by atoms with Crippen molar-refractivity contribution < 1.29 is 0 Å².